The Morgan fingerprint density at radius 3 is 2.55 bits per heavy atom. The third kappa shape index (κ3) is 3.80. The Labute approximate surface area is 134 Å². The second kappa shape index (κ2) is 7.15. The maximum absolute atomic E-state index is 13.8. The van der Waals surface area contributed by atoms with Crippen molar-refractivity contribution in [3.63, 3.8) is 0 Å². The number of hydrogen-bond acceptors (Lipinski definition) is 4. The summed E-state index contributed by atoms with van der Waals surface area (Å²) in [4.78, 5) is 16.2. The highest BCUT2D eigenvalue weighted by molar-refractivity contribution is 7.98. The summed E-state index contributed by atoms with van der Waals surface area (Å²) in [6.07, 6.45) is 2.22. The number of aryl methyl sites for hydroxylation is 1. The van der Waals surface area contributed by atoms with E-state index in [0.717, 1.165) is 11.3 Å². The third-order valence-corrected chi connectivity index (χ3v) is 4.32. The van der Waals surface area contributed by atoms with Gasteiger partial charge in [-0.1, -0.05) is 0 Å². The quantitative estimate of drug-likeness (QED) is 0.881. The van der Waals surface area contributed by atoms with E-state index >= 15 is 0 Å². The number of thiazole rings is 1. The predicted molar refractivity (Wildman–Crippen MR) is 83.8 cm³/mol. The lowest BCUT2D eigenvalue weighted by Crippen LogP contribution is -2.11. The number of benzene rings is 1. The van der Waals surface area contributed by atoms with Crippen LogP contribution >= 0.6 is 23.1 Å². The molecule has 0 unspecified atom stereocenters. The minimum Gasteiger partial charge on any atom is -0.302 e. The van der Waals surface area contributed by atoms with Gasteiger partial charge in [0.05, 0.1) is 11.3 Å². The molecule has 8 heteroatoms. The fourth-order valence-electron chi connectivity index (χ4n) is 1.83. The number of thioether (sulfide) groups is 1. The topological polar surface area (TPSA) is 42.0 Å². The van der Waals surface area contributed by atoms with E-state index in [9.17, 15) is 18.0 Å². The first-order valence-corrected chi connectivity index (χ1v) is 8.54. The first kappa shape index (κ1) is 16.8. The van der Waals surface area contributed by atoms with Crippen LogP contribution < -0.4 is 5.32 Å². The van der Waals surface area contributed by atoms with Gasteiger partial charge in [-0.2, -0.15) is 11.8 Å². The summed E-state index contributed by atoms with van der Waals surface area (Å²) in [6, 6.07) is 1.21. The van der Waals surface area contributed by atoms with Gasteiger partial charge in [0, 0.05) is 29.2 Å². The highest BCUT2D eigenvalue weighted by Gasteiger charge is 2.20. The number of halogens is 3. The van der Waals surface area contributed by atoms with E-state index in [-0.39, 0.29) is 22.3 Å². The fourth-order valence-corrected chi connectivity index (χ4v) is 3.05. The predicted octanol–water partition coefficient (Wildman–Crippen LogP) is 4.23. The Morgan fingerprint density at radius 1 is 1.32 bits per heavy atom. The van der Waals surface area contributed by atoms with E-state index in [2.05, 4.69) is 10.3 Å². The Bertz CT molecular complexity index is 680. The molecule has 1 N–H and O–H groups in total. The molecule has 0 bridgehead atoms. The van der Waals surface area contributed by atoms with Crippen molar-refractivity contribution in [1.82, 2.24) is 4.98 Å². The van der Waals surface area contributed by atoms with Crippen molar-refractivity contribution in [2.24, 2.45) is 0 Å². The highest BCUT2D eigenvalue weighted by atomic mass is 32.2. The standard InChI is InChI=1S/C14H13F3N2OS2/c1-7-13(12-9(16)5-8(15)6-10(12)17)19-14(22-7)18-11(20)3-4-21-2/h5-6H,3-4H2,1-2H3,(H,18,19,20). The summed E-state index contributed by atoms with van der Waals surface area (Å²) >= 11 is 2.65. The number of nitrogens with zero attached hydrogens (tertiary/aromatic N) is 1. The largest absolute Gasteiger partial charge is 0.302 e. The average Bonchev–Trinajstić information content (AvgIpc) is 2.76. The molecule has 0 fully saturated rings. The minimum atomic E-state index is -1.02. The minimum absolute atomic E-state index is 0.0696. The van der Waals surface area contributed by atoms with Crippen LogP contribution in [0.5, 0.6) is 0 Å². The molecule has 1 heterocycles. The van der Waals surface area contributed by atoms with E-state index in [0.29, 0.717) is 29.2 Å². The molecule has 1 aromatic carbocycles. The molecule has 0 atom stereocenters. The third-order valence-electron chi connectivity index (χ3n) is 2.82. The Morgan fingerprint density at radius 2 is 1.95 bits per heavy atom. The zero-order chi connectivity index (χ0) is 16.3. The van der Waals surface area contributed by atoms with Gasteiger partial charge in [0.25, 0.3) is 0 Å². The van der Waals surface area contributed by atoms with E-state index in [1.54, 1.807) is 6.92 Å². The summed E-state index contributed by atoms with van der Waals surface area (Å²) < 4.78 is 40.6. The molecule has 0 saturated heterocycles. The molecule has 0 aliphatic carbocycles. The molecule has 0 spiro atoms. The Balaban J connectivity index is 2.29. The van der Waals surface area contributed by atoms with E-state index in [4.69, 9.17) is 0 Å². The number of hydrogen-bond donors (Lipinski definition) is 1. The molecule has 2 aromatic rings. The molecular formula is C14H13F3N2OS2. The first-order chi connectivity index (χ1) is 10.4. The molecule has 2 rings (SSSR count). The average molecular weight is 346 g/mol. The van der Waals surface area contributed by atoms with Gasteiger partial charge in [-0.25, -0.2) is 18.2 Å². The number of aromatic nitrogens is 1. The summed E-state index contributed by atoms with van der Waals surface area (Å²) in [5.41, 5.74) is -0.320. The van der Waals surface area contributed by atoms with Crippen LogP contribution in [-0.2, 0) is 4.79 Å². The lowest BCUT2D eigenvalue weighted by molar-refractivity contribution is -0.115. The van der Waals surface area contributed by atoms with Gasteiger partial charge >= 0.3 is 0 Å². The SMILES string of the molecule is CSCCC(=O)Nc1nc(-c2c(F)cc(F)cc2F)c(C)s1. The van der Waals surface area contributed by atoms with Gasteiger partial charge in [-0.3, -0.25) is 4.79 Å². The van der Waals surface area contributed by atoms with Gasteiger partial charge in [0.2, 0.25) is 5.91 Å². The smallest absolute Gasteiger partial charge is 0.226 e. The van der Waals surface area contributed by atoms with Crippen LogP contribution in [0.3, 0.4) is 0 Å². The van der Waals surface area contributed by atoms with Gasteiger partial charge in [-0.15, -0.1) is 11.3 Å². The van der Waals surface area contributed by atoms with Gasteiger partial charge in [0.1, 0.15) is 17.5 Å². The van der Waals surface area contributed by atoms with E-state index in [1.165, 1.54) is 11.8 Å². The van der Waals surface area contributed by atoms with Crippen LogP contribution in [0.1, 0.15) is 11.3 Å². The van der Waals surface area contributed by atoms with Crippen LogP contribution in [0.2, 0.25) is 0 Å². The molecule has 3 nitrogen and oxygen atoms in total. The molecule has 0 radical (unpaired) electrons. The zero-order valence-electron chi connectivity index (χ0n) is 11.9. The molecular weight excluding hydrogens is 333 g/mol. The van der Waals surface area contributed by atoms with Crippen LogP contribution in [0.25, 0.3) is 11.3 Å². The molecule has 22 heavy (non-hydrogen) atoms. The normalized spacial score (nSPS) is 10.8. The second-order valence-corrected chi connectivity index (χ2v) is 6.65. The van der Waals surface area contributed by atoms with Gasteiger partial charge < -0.3 is 5.32 Å². The van der Waals surface area contributed by atoms with Crippen molar-refractivity contribution in [2.45, 2.75) is 13.3 Å². The van der Waals surface area contributed by atoms with Crippen molar-refractivity contribution >= 4 is 34.1 Å². The molecule has 118 valence electrons. The van der Waals surface area contributed by atoms with Crippen LogP contribution in [0.15, 0.2) is 12.1 Å². The molecule has 1 aromatic heterocycles. The van der Waals surface area contributed by atoms with Crippen molar-refractivity contribution in [1.29, 1.82) is 0 Å². The summed E-state index contributed by atoms with van der Waals surface area (Å²) in [5.74, 6) is -2.58. The van der Waals surface area contributed by atoms with Crippen molar-refractivity contribution < 1.29 is 18.0 Å². The van der Waals surface area contributed by atoms with E-state index < -0.39 is 17.5 Å². The monoisotopic (exact) mass is 346 g/mol. The van der Waals surface area contributed by atoms with Gasteiger partial charge in [0.15, 0.2) is 5.13 Å². The number of rotatable bonds is 5. The molecule has 0 aliphatic heterocycles. The highest BCUT2D eigenvalue weighted by Crippen LogP contribution is 2.34. The summed E-state index contributed by atoms with van der Waals surface area (Å²) in [6.45, 7) is 1.63. The maximum atomic E-state index is 13.8. The summed E-state index contributed by atoms with van der Waals surface area (Å²) in [5, 5.41) is 2.86. The number of amides is 1. The first-order valence-electron chi connectivity index (χ1n) is 6.33. The van der Waals surface area contributed by atoms with Crippen molar-refractivity contribution in [2.75, 3.05) is 17.3 Å². The molecule has 1 amide bonds. The number of nitrogens with one attached hydrogen (secondary N) is 1. The number of carbonyl (C=O) groups excluding carboxylic acids is 1. The van der Waals surface area contributed by atoms with Crippen LogP contribution in [0.4, 0.5) is 18.3 Å². The number of carbonyl (C=O) groups is 1. The lowest BCUT2D eigenvalue weighted by Gasteiger charge is -2.03. The Kier molecular flexibility index (Phi) is 5.47. The van der Waals surface area contributed by atoms with Crippen molar-refractivity contribution in [3.8, 4) is 11.3 Å². The van der Waals surface area contributed by atoms with Crippen LogP contribution in [-0.4, -0.2) is 22.9 Å². The Hall–Kier alpha value is -1.54. The van der Waals surface area contributed by atoms with E-state index in [1.807, 2.05) is 6.26 Å². The zero-order valence-corrected chi connectivity index (χ0v) is 13.5. The lowest BCUT2D eigenvalue weighted by atomic mass is 10.1. The van der Waals surface area contributed by atoms with Gasteiger partial charge in [-0.05, 0) is 13.2 Å². The van der Waals surface area contributed by atoms with Crippen LogP contribution in [0, 0.1) is 24.4 Å². The fraction of sp³-hybridized carbons (Fsp3) is 0.286. The molecule has 0 aliphatic rings. The molecule has 0 saturated carbocycles. The second-order valence-electron chi connectivity index (χ2n) is 4.46. The number of anilines is 1. The maximum Gasteiger partial charge on any atom is 0.226 e. The summed E-state index contributed by atoms with van der Waals surface area (Å²) in [7, 11) is 0. The van der Waals surface area contributed by atoms with Crippen molar-refractivity contribution in [3.05, 3.63) is 34.5 Å².